The van der Waals surface area contributed by atoms with Crippen molar-refractivity contribution in [1.82, 2.24) is 0 Å². The van der Waals surface area contributed by atoms with Gasteiger partial charge in [0.1, 0.15) is 6.29 Å². The van der Waals surface area contributed by atoms with Gasteiger partial charge in [-0.05, 0) is 30.1 Å². The van der Waals surface area contributed by atoms with E-state index in [-0.39, 0.29) is 16.8 Å². The number of rotatable bonds is 4. The zero-order chi connectivity index (χ0) is 13.1. The van der Waals surface area contributed by atoms with Crippen LogP contribution in [0.15, 0.2) is 11.6 Å². The Morgan fingerprint density at radius 1 is 1.41 bits per heavy atom. The predicted molar refractivity (Wildman–Crippen MR) is 66.5 cm³/mol. The summed E-state index contributed by atoms with van der Waals surface area (Å²) in [6.07, 6.45) is 6.26. The molecule has 0 bridgehead atoms. The second-order valence-electron chi connectivity index (χ2n) is 5.79. The lowest BCUT2D eigenvalue weighted by Crippen LogP contribution is -2.32. The van der Waals surface area contributed by atoms with E-state index in [2.05, 4.69) is 20.8 Å². The highest BCUT2D eigenvalue weighted by molar-refractivity contribution is 5.90. The van der Waals surface area contributed by atoms with Crippen molar-refractivity contribution in [2.24, 2.45) is 10.8 Å². The van der Waals surface area contributed by atoms with Crippen LogP contribution >= 0.6 is 0 Å². The summed E-state index contributed by atoms with van der Waals surface area (Å²) in [6.45, 7) is 6.23. The van der Waals surface area contributed by atoms with Crippen LogP contribution in [0.4, 0.5) is 0 Å². The minimum absolute atomic E-state index is 0.0556. The maximum Gasteiger partial charge on any atom is 0.333 e. The molecule has 0 aromatic heterocycles. The molecular formula is C14H22O3. The zero-order valence-corrected chi connectivity index (χ0v) is 11.2. The topological polar surface area (TPSA) is 43.4 Å². The molecule has 3 nitrogen and oxygen atoms in total. The SMILES string of the molecule is COC(=O)C1=CC(C)(CCC=O)CCC1(C)C. The quantitative estimate of drug-likeness (QED) is 0.558. The van der Waals surface area contributed by atoms with E-state index in [9.17, 15) is 9.59 Å². The number of carbonyl (C=O) groups excluding carboxylic acids is 2. The second-order valence-corrected chi connectivity index (χ2v) is 5.79. The molecule has 0 saturated heterocycles. The van der Waals surface area contributed by atoms with Crippen LogP contribution in [0.25, 0.3) is 0 Å². The van der Waals surface area contributed by atoms with Crippen molar-refractivity contribution in [3.8, 4) is 0 Å². The van der Waals surface area contributed by atoms with Crippen molar-refractivity contribution in [3.63, 3.8) is 0 Å². The molecule has 1 atom stereocenters. The number of allylic oxidation sites excluding steroid dienone is 1. The molecule has 17 heavy (non-hydrogen) atoms. The standard InChI is InChI=1S/C14H22O3/c1-13(2)7-8-14(3,6-5-9-15)10-11(13)12(16)17-4/h9-10H,5-8H2,1-4H3. The maximum absolute atomic E-state index is 11.8. The van der Waals surface area contributed by atoms with Crippen LogP contribution in [0.2, 0.25) is 0 Å². The average Bonchev–Trinajstić information content (AvgIpc) is 2.29. The number of aldehydes is 1. The number of ether oxygens (including phenoxy) is 1. The third kappa shape index (κ3) is 3.18. The van der Waals surface area contributed by atoms with E-state index < -0.39 is 0 Å². The molecule has 96 valence electrons. The van der Waals surface area contributed by atoms with Gasteiger partial charge in [-0.3, -0.25) is 0 Å². The van der Waals surface area contributed by atoms with E-state index in [0.29, 0.717) is 6.42 Å². The van der Waals surface area contributed by atoms with E-state index in [1.165, 1.54) is 7.11 Å². The zero-order valence-electron chi connectivity index (χ0n) is 11.2. The number of hydrogen-bond acceptors (Lipinski definition) is 3. The van der Waals surface area contributed by atoms with Crippen molar-refractivity contribution in [3.05, 3.63) is 11.6 Å². The van der Waals surface area contributed by atoms with E-state index in [1.807, 2.05) is 6.08 Å². The summed E-state index contributed by atoms with van der Waals surface area (Å²) in [4.78, 5) is 22.3. The highest BCUT2D eigenvalue weighted by atomic mass is 16.5. The fourth-order valence-electron chi connectivity index (χ4n) is 2.38. The van der Waals surface area contributed by atoms with Crippen LogP contribution in [0, 0.1) is 10.8 Å². The summed E-state index contributed by atoms with van der Waals surface area (Å²) >= 11 is 0. The molecule has 0 fully saturated rings. The molecular weight excluding hydrogens is 216 g/mol. The third-order valence-electron chi connectivity index (χ3n) is 3.78. The van der Waals surface area contributed by atoms with Gasteiger partial charge in [-0.25, -0.2) is 4.79 Å². The smallest absolute Gasteiger partial charge is 0.333 e. The van der Waals surface area contributed by atoms with Crippen LogP contribution in [0.3, 0.4) is 0 Å². The average molecular weight is 238 g/mol. The van der Waals surface area contributed by atoms with Crippen molar-refractivity contribution in [2.45, 2.75) is 46.5 Å². The van der Waals surface area contributed by atoms with E-state index in [0.717, 1.165) is 31.1 Å². The number of carbonyl (C=O) groups is 2. The van der Waals surface area contributed by atoms with Crippen LogP contribution in [0.1, 0.15) is 46.5 Å². The van der Waals surface area contributed by atoms with Crippen molar-refractivity contribution in [2.75, 3.05) is 7.11 Å². The summed E-state index contributed by atoms with van der Waals surface area (Å²) in [6, 6.07) is 0. The Morgan fingerprint density at radius 3 is 2.59 bits per heavy atom. The maximum atomic E-state index is 11.8. The van der Waals surface area contributed by atoms with Gasteiger partial charge in [0.25, 0.3) is 0 Å². The second kappa shape index (κ2) is 5.03. The van der Waals surface area contributed by atoms with Gasteiger partial charge in [-0.1, -0.05) is 26.8 Å². The Balaban J connectivity index is 3.00. The molecule has 0 aliphatic heterocycles. The first-order chi connectivity index (χ1) is 7.84. The molecule has 1 aliphatic carbocycles. The Morgan fingerprint density at radius 2 is 2.06 bits per heavy atom. The van der Waals surface area contributed by atoms with Gasteiger partial charge < -0.3 is 9.53 Å². The first kappa shape index (κ1) is 13.9. The number of hydrogen-bond donors (Lipinski definition) is 0. The molecule has 3 heteroatoms. The first-order valence-electron chi connectivity index (χ1n) is 6.10. The Labute approximate surface area is 103 Å². The lowest BCUT2D eigenvalue weighted by Gasteiger charge is -2.39. The minimum atomic E-state index is -0.243. The summed E-state index contributed by atoms with van der Waals surface area (Å²) in [5.74, 6) is -0.243. The van der Waals surface area contributed by atoms with Gasteiger partial charge in [0.05, 0.1) is 7.11 Å². The third-order valence-corrected chi connectivity index (χ3v) is 3.78. The molecule has 1 aliphatic rings. The Kier molecular flexibility index (Phi) is 4.12. The van der Waals surface area contributed by atoms with Crippen LogP contribution in [-0.4, -0.2) is 19.4 Å². The van der Waals surface area contributed by atoms with Gasteiger partial charge in [-0.2, -0.15) is 0 Å². The fraction of sp³-hybridized carbons (Fsp3) is 0.714. The Hall–Kier alpha value is -1.12. The van der Waals surface area contributed by atoms with Gasteiger partial charge in [0.2, 0.25) is 0 Å². The fourth-order valence-corrected chi connectivity index (χ4v) is 2.38. The molecule has 0 radical (unpaired) electrons. The molecule has 0 saturated carbocycles. The number of esters is 1. The highest BCUT2D eigenvalue weighted by Crippen LogP contribution is 2.46. The molecule has 0 N–H and O–H groups in total. The monoisotopic (exact) mass is 238 g/mol. The molecule has 1 unspecified atom stereocenters. The lowest BCUT2D eigenvalue weighted by molar-refractivity contribution is -0.137. The highest BCUT2D eigenvalue weighted by Gasteiger charge is 2.38. The van der Waals surface area contributed by atoms with E-state index in [1.54, 1.807) is 0 Å². The lowest BCUT2D eigenvalue weighted by atomic mass is 9.65. The Bertz CT molecular complexity index is 341. The molecule has 0 amide bonds. The van der Waals surface area contributed by atoms with Crippen molar-refractivity contribution < 1.29 is 14.3 Å². The molecule has 0 spiro atoms. The van der Waals surface area contributed by atoms with Crippen molar-refractivity contribution >= 4 is 12.3 Å². The van der Waals surface area contributed by atoms with Crippen molar-refractivity contribution in [1.29, 1.82) is 0 Å². The van der Waals surface area contributed by atoms with Crippen LogP contribution in [0.5, 0.6) is 0 Å². The largest absolute Gasteiger partial charge is 0.466 e. The van der Waals surface area contributed by atoms with Gasteiger partial charge >= 0.3 is 5.97 Å². The van der Waals surface area contributed by atoms with Crippen LogP contribution in [-0.2, 0) is 14.3 Å². The van der Waals surface area contributed by atoms with E-state index in [4.69, 9.17) is 4.74 Å². The summed E-state index contributed by atoms with van der Waals surface area (Å²) in [5, 5.41) is 0. The van der Waals surface area contributed by atoms with E-state index >= 15 is 0 Å². The summed E-state index contributed by atoms with van der Waals surface area (Å²) < 4.78 is 4.85. The van der Waals surface area contributed by atoms with Crippen LogP contribution < -0.4 is 0 Å². The van der Waals surface area contributed by atoms with Gasteiger partial charge in [0.15, 0.2) is 0 Å². The molecule has 0 aromatic carbocycles. The summed E-state index contributed by atoms with van der Waals surface area (Å²) in [7, 11) is 1.41. The first-order valence-corrected chi connectivity index (χ1v) is 6.10. The molecule has 1 rings (SSSR count). The van der Waals surface area contributed by atoms with Gasteiger partial charge in [0, 0.05) is 12.0 Å². The minimum Gasteiger partial charge on any atom is -0.466 e. The normalized spacial score (nSPS) is 27.2. The van der Waals surface area contributed by atoms with Gasteiger partial charge in [-0.15, -0.1) is 0 Å². The number of methoxy groups -OCH3 is 1. The summed E-state index contributed by atoms with van der Waals surface area (Å²) in [5.41, 5.74) is 0.563. The molecule has 0 heterocycles. The predicted octanol–water partition coefficient (Wildman–Crippen LogP) is 2.89. The molecule has 0 aromatic rings.